The number of piperazine rings is 1. The lowest BCUT2D eigenvalue weighted by Crippen LogP contribution is -2.52. The summed E-state index contributed by atoms with van der Waals surface area (Å²) in [5.74, 6) is -0.421. The smallest absolute Gasteiger partial charge is 0.243 e. The number of halogens is 2. The van der Waals surface area contributed by atoms with E-state index in [-0.39, 0.29) is 39.4 Å². The first-order chi connectivity index (χ1) is 15.6. The number of sulfonamides is 1. The second-order valence-electron chi connectivity index (χ2n) is 10.0. The molecule has 1 saturated heterocycles. The lowest BCUT2D eigenvalue weighted by atomic mass is 9.85. The van der Waals surface area contributed by atoms with Crippen LogP contribution in [0.3, 0.4) is 0 Å². The lowest BCUT2D eigenvalue weighted by Gasteiger charge is -2.40. The zero-order valence-corrected chi connectivity index (χ0v) is 21.3. The van der Waals surface area contributed by atoms with Gasteiger partial charge < -0.3 is 4.90 Å². The van der Waals surface area contributed by atoms with Crippen molar-refractivity contribution in [2.75, 3.05) is 26.2 Å². The molecule has 4 rings (SSSR count). The summed E-state index contributed by atoms with van der Waals surface area (Å²) in [6, 6.07) is 2.80. The Labute approximate surface area is 202 Å². The number of carbonyl (C=O) groups excluding carboxylic acids is 1. The molecule has 6 nitrogen and oxygen atoms in total. The number of hydrogen-bond acceptors (Lipinski definition) is 4. The summed E-state index contributed by atoms with van der Waals surface area (Å²) in [7, 11) is -3.80. The lowest BCUT2D eigenvalue weighted by molar-refractivity contribution is -0.138. The number of rotatable bonds is 6. The summed E-state index contributed by atoms with van der Waals surface area (Å²) in [6.07, 6.45) is 4.43. The van der Waals surface area contributed by atoms with E-state index in [4.69, 9.17) is 11.6 Å². The van der Waals surface area contributed by atoms with Gasteiger partial charge in [-0.15, -0.1) is 0 Å². The van der Waals surface area contributed by atoms with Crippen molar-refractivity contribution < 1.29 is 17.6 Å². The van der Waals surface area contributed by atoms with Crippen molar-refractivity contribution >= 4 is 27.5 Å². The third-order valence-electron chi connectivity index (χ3n) is 7.51. The monoisotopic (exact) mass is 499 g/mol. The molecule has 0 atom stereocenters. The van der Waals surface area contributed by atoms with Gasteiger partial charge in [0, 0.05) is 50.2 Å². The van der Waals surface area contributed by atoms with Crippen molar-refractivity contribution in [3.8, 4) is 0 Å². The first-order valence-electron chi connectivity index (χ1n) is 12.1. The predicted molar refractivity (Wildman–Crippen MR) is 127 cm³/mol. The maximum atomic E-state index is 13.8. The van der Waals surface area contributed by atoms with Gasteiger partial charge >= 0.3 is 0 Å². The fourth-order valence-electron chi connectivity index (χ4n) is 5.34. The highest BCUT2D eigenvalue weighted by molar-refractivity contribution is 7.89. The van der Waals surface area contributed by atoms with Crippen LogP contribution in [-0.2, 0) is 14.8 Å². The van der Waals surface area contributed by atoms with Crippen LogP contribution in [0.15, 0.2) is 17.0 Å². The van der Waals surface area contributed by atoms with Crippen molar-refractivity contribution in [2.24, 2.45) is 5.92 Å². The molecule has 0 N–H and O–H groups in total. The minimum absolute atomic E-state index is 0.0143. The highest BCUT2D eigenvalue weighted by atomic mass is 35.5. The van der Waals surface area contributed by atoms with Gasteiger partial charge in [-0.3, -0.25) is 9.69 Å². The summed E-state index contributed by atoms with van der Waals surface area (Å²) < 4.78 is 42.7. The van der Waals surface area contributed by atoms with E-state index in [1.165, 1.54) is 6.07 Å². The van der Waals surface area contributed by atoms with Crippen LogP contribution in [0, 0.1) is 18.7 Å². The van der Waals surface area contributed by atoms with Crippen LogP contribution in [0.5, 0.6) is 0 Å². The van der Waals surface area contributed by atoms with Gasteiger partial charge in [0.15, 0.2) is 0 Å². The predicted octanol–water partition coefficient (Wildman–Crippen LogP) is 4.05. The second kappa shape index (κ2) is 9.80. The van der Waals surface area contributed by atoms with E-state index in [1.807, 2.05) is 4.90 Å². The molecule has 3 fully saturated rings. The molecule has 2 aliphatic carbocycles. The Hall–Kier alpha value is -1.22. The molecule has 2 saturated carbocycles. The molecule has 3 aliphatic rings. The summed E-state index contributed by atoms with van der Waals surface area (Å²) in [5, 5.41) is -0.140. The molecule has 0 unspecified atom stereocenters. The Kier molecular flexibility index (Phi) is 7.39. The van der Waals surface area contributed by atoms with E-state index < -0.39 is 15.8 Å². The van der Waals surface area contributed by atoms with Crippen LogP contribution in [0.25, 0.3) is 0 Å². The fraction of sp³-hybridized carbons (Fsp3) is 0.708. The Morgan fingerprint density at radius 2 is 1.58 bits per heavy atom. The molecule has 9 heteroatoms. The van der Waals surface area contributed by atoms with E-state index in [9.17, 15) is 17.6 Å². The Balaban J connectivity index is 1.43. The first-order valence-corrected chi connectivity index (χ1v) is 13.9. The number of hydrogen-bond donors (Lipinski definition) is 0. The van der Waals surface area contributed by atoms with Gasteiger partial charge in [0.05, 0.1) is 9.92 Å². The number of carbonyl (C=O) groups is 1. The third kappa shape index (κ3) is 5.09. The summed E-state index contributed by atoms with van der Waals surface area (Å²) in [4.78, 5) is 17.6. The first kappa shape index (κ1) is 24.9. The van der Waals surface area contributed by atoms with Gasteiger partial charge in [0.1, 0.15) is 5.82 Å². The van der Waals surface area contributed by atoms with Crippen LogP contribution in [0.4, 0.5) is 4.39 Å². The molecule has 1 amide bonds. The molecule has 33 heavy (non-hydrogen) atoms. The van der Waals surface area contributed by atoms with Crippen LogP contribution < -0.4 is 0 Å². The normalized spacial score (nSPS) is 25.1. The second-order valence-corrected chi connectivity index (χ2v) is 12.2. The molecular formula is C24H35ClFN3O3S. The van der Waals surface area contributed by atoms with E-state index in [1.54, 1.807) is 11.2 Å². The largest absolute Gasteiger partial charge is 0.340 e. The molecule has 184 valence electrons. The highest BCUT2D eigenvalue weighted by Gasteiger charge is 2.45. The SMILES string of the molecule is Cc1c(S(=O)(=O)N(C2CCC(C(=O)N3CCN(C(C)C)CC3)CC2)C2CC2)ccc(F)c1Cl. The summed E-state index contributed by atoms with van der Waals surface area (Å²) in [5.41, 5.74) is 0.256. The van der Waals surface area contributed by atoms with Crippen molar-refractivity contribution in [1.82, 2.24) is 14.1 Å². The standard InChI is InChI=1S/C24H35ClFN3O3S/c1-16(2)27-12-14-28(15-13-27)24(30)18-4-6-19(7-5-18)29(20-8-9-20)33(31,32)22-11-10-21(26)23(25)17(22)3/h10-11,16,18-20H,4-9,12-15H2,1-3H3. The summed E-state index contributed by atoms with van der Waals surface area (Å²) >= 11 is 6.03. The Bertz CT molecular complexity index is 983. The Morgan fingerprint density at radius 3 is 2.09 bits per heavy atom. The van der Waals surface area contributed by atoms with Gasteiger partial charge in [-0.1, -0.05) is 11.6 Å². The number of amides is 1. The molecule has 0 bridgehead atoms. The highest BCUT2D eigenvalue weighted by Crippen LogP contribution is 2.41. The minimum atomic E-state index is -3.80. The maximum Gasteiger partial charge on any atom is 0.243 e. The van der Waals surface area contributed by atoms with Crippen LogP contribution in [-0.4, -0.2) is 72.7 Å². The van der Waals surface area contributed by atoms with Crippen LogP contribution in [0.2, 0.25) is 5.02 Å². The van der Waals surface area contributed by atoms with E-state index in [2.05, 4.69) is 18.7 Å². The zero-order chi connectivity index (χ0) is 23.9. The molecular weight excluding hydrogens is 465 g/mol. The van der Waals surface area contributed by atoms with Crippen LogP contribution >= 0.6 is 11.6 Å². The Morgan fingerprint density at radius 1 is 1.03 bits per heavy atom. The van der Waals surface area contributed by atoms with Gasteiger partial charge in [-0.05, 0) is 77.0 Å². The fourth-order valence-corrected chi connectivity index (χ4v) is 7.72. The van der Waals surface area contributed by atoms with Crippen molar-refractivity contribution in [1.29, 1.82) is 0 Å². The molecule has 1 aromatic rings. The van der Waals surface area contributed by atoms with Crippen molar-refractivity contribution in [3.05, 3.63) is 28.5 Å². The van der Waals surface area contributed by atoms with Gasteiger partial charge in [-0.2, -0.15) is 4.31 Å². The molecule has 1 aromatic carbocycles. The summed E-state index contributed by atoms with van der Waals surface area (Å²) in [6.45, 7) is 9.27. The molecule has 0 aromatic heterocycles. The van der Waals surface area contributed by atoms with Crippen molar-refractivity contribution in [2.45, 2.75) is 82.3 Å². The quantitative estimate of drug-likeness (QED) is 0.592. The number of benzene rings is 1. The molecule has 0 spiro atoms. The van der Waals surface area contributed by atoms with Crippen molar-refractivity contribution in [3.63, 3.8) is 0 Å². The minimum Gasteiger partial charge on any atom is -0.340 e. The third-order valence-corrected chi connectivity index (χ3v) is 10.1. The van der Waals surface area contributed by atoms with E-state index in [0.29, 0.717) is 31.7 Å². The topological polar surface area (TPSA) is 60.9 Å². The molecule has 0 radical (unpaired) electrons. The van der Waals surface area contributed by atoms with Gasteiger partial charge in [0.2, 0.25) is 15.9 Å². The molecule has 1 aliphatic heterocycles. The van der Waals surface area contributed by atoms with E-state index in [0.717, 1.165) is 45.1 Å². The average Bonchev–Trinajstić information content (AvgIpc) is 3.62. The zero-order valence-electron chi connectivity index (χ0n) is 19.8. The number of nitrogens with zero attached hydrogens (tertiary/aromatic N) is 3. The van der Waals surface area contributed by atoms with Gasteiger partial charge in [0.25, 0.3) is 0 Å². The molecule has 1 heterocycles. The maximum absolute atomic E-state index is 13.8. The van der Waals surface area contributed by atoms with Gasteiger partial charge in [-0.25, -0.2) is 12.8 Å². The average molecular weight is 500 g/mol. The van der Waals surface area contributed by atoms with Crippen LogP contribution in [0.1, 0.15) is 57.9 Å². The van der Waals surface area contributed by atoms with E-state index >= 15 is 0 Å².